The molecule has 2 fully saturated rings. The van der Waals surface area contributed by atoms with Gasteiger partial charge in [0.05, 0.1) is 38.6 Å². The summed E-state index contributed by atoms with van der Waals surface area (Å²) < 4.78 is 24.5. The van der Waals surface area contributed by atoms with Crippen LogP contribution in [-0.2, 0) is 16.1 Å². The van der Waals surface area contributed by atoms with Gasteiger partial charge in [0.2, 0.25) is 0 Å². The summed E-state index contributed by atoms with van der Waals surface area (Å²) >= 11 is 0. The Labute approximate surface area is 233 Å². The summed E-state index contributed by atoms with van der Waals surface area (Å²) in [6.07, 6.45) is 5.97. The second-order valence-corrected chi connectivity index (χ2v) is 10.9. The van der Waals surface area contributed by atoms with Gasteiger partial charge in [-0.2, -0.15) is 0 Å². The summed E-state index contributed by atoms with van der Waals surface area (Å²) in [7, 11) is 0. The Balaban J connectivity index is 1.08. The fourth-order valence-electron chi connectivity index (χ4n) is 5.35. The van der Waals surface area contributed by atoms with Crippen LogP contribution < -0.4 is 14.8 Å². The molecule has 5 rings (SSSR count). The number of ether oxygens (including phenoxy) is 4. The van der Waals surface area contributed by atoms with Crippen molar-refractivity contribution in [2.75, 3.05) is 32.9 Å². The Bertz CT molecular complexity index is 1120. The van der Waals surface area contributed by atoms with Crippen LogP contribution in [0.15, 0.2) is 78.9 Å². The molecule has 1 heterocycles. The highest BCUT2D eigenvalue weighted by Gasteiger charge is 2.29. The van der Waals surface area contributed by atoms with E-state index in [4.69, 9.17) is 18.9 Å². The van der Waals surface area contributed by atoms with Crippen molar-refractivity contribution >= 4 is 0 Å². The van der Waals surface area contributed by atoms with Gasteiger partial charge in [-0.1, -0.05) is 61.0 Å². The summed E-state index contributed by atoms with van der Waals surface area (Å²) in [5, 5.41) is 3.53. The van der Waals surface area contributed by atoms with E-state index < -0.39 is 0 Å². The summed E-state index contributed by atoms with van der Waals surface area (Å²) in [6, 6.07) is 27.3. The van der Waals surface area contributed by atoms with Crippen LogP contribution in [0.1, 0.15) is 67.7 Å². The zero-order valence-corrected chi connectivity index (χ0v) is 23.2. The van der Waals surface area contributed by atoms with Crippen molar-refractivity contribution in [1.82, 2.24) is 5.32 Å². The molecular weight excluding hydrogens is 486 g/mol. The lowest BCUT2D eigenvalue weighted by Gasteiger charge is -2.34. The predicted molar refractivity (Wildman–Crippen MR) is 155 cm³/mol. The molecule has 1 saturated heterocycles. The molecule has 1 N–H and O–H groups in total. The van der Waals surface area contributed by atoms with E-state index in [0.717, 1.165) is 50.0 Å². The number of piperidine rings is 1. The lowest BCUT2D eigenvalue weighted by Crippen LogP contribution is -2.41. The van der Waals surface area contributed by atoms with Crippen LogP contribution in [0.5, 0.6) is 11.5 Å². The summed E-state index contributed by atoms with van der Waals surface area (Å²) in [5.74, 6) is 2.94. The smallest absolute Gasteiger partial charge is 0.119 e. The van der Waals surface area contributed by atoms with E-state index in [9.17, 15) is 0 Å². The number of hydrogen-bond acceptors (Lipinski definition) is 5. The molecule has 1 aliphatic carbocycles. The summed E-state index contributed by atoms with van der Waals surface area (Å²) in [4.78, 5) is 0. The molecule has 0 aromatic heterocycles. The average molecular weight is 530 g/mol. The van der Waals surface area contributed by atoms with Crippen molar-refractivity contribution < 1.29 is 18.9 Å². The van der Waals surface area contributed by atoms with Gasteiger partial charge in [0, 0.05) is 18.9 Å². The van der Waals surface area contributed by atoms with Crippen LogP contribution in [0.3, 0.4) is 0 Å². The Morgan fingerprint density at radius 1 is 0.846 bits per heavy atom. The van der Waals surface area contributed by atoms with Crippen molar-refractivity contribution in [2.45, 2.75) is 63.8 Å². The largest absolute Gasteiger partial charge is 0.494 e. The molecule has 208 valence electrons. The van der Waals surface area contributed by atoms with Crippen LogP contribution in [0.25, 0.3) is 0 Å². The van der Waals surface area contributed by atoms with Gasteiger partial charge in [0.1, 0.15) is 11.5 Å². The van der Waals surface area contributed by atoms with Gasteiger partial charge in [-0.05, 0) is 79.6 Å². The third-order valence-electron chi connectivity index (χ3n) is 7.96. The van der Waals surface area contributed by atoms with Gasteiger partial charge in [0.25, 0.3) is 0 Å². The molecular formula is C34H43NO4. The molecule has 3 atom stereocenters. The molecule has 1 saturated carbocycles. The topological polar surface area (TPSA) is 49.0 Å². The van der Waals surface area contributed by atoms with Crippen molar-refractivity contribution in [3.8, 4) is 11.5 Å². The molecule has 1 aliphatic heterocycles. The molecule has 2 aliphatic rings. The predicted octanol–water partition coefficient (Wildman–Crippen LogP) is 7.07. The van der Waals surface area contributed by atoms with E-state index in [2.05, 4.69) is 72.9 Å². The van der Waals surface area contributed by atoms with Crippen molar-refractivity contribution in [1.29, 1.82) is 0 Å². The Morgan fingerprint density at radius 2 is 1.69 bits per heavy atom. The Kier molecular flexibility index (Phi) is 10.3. The Hall–Kier alpha value is -2.86. The normalized spacial score (nSPS) is 20.2. The molecule has 3 aromatic carbocycles. The molecule has 3 unspecified atom stereocenters. The number of hydrogen-bond donors (Lipinski definition) is 1. The summed E-state index contributed by atoms with van der Waals surface area (Å²) in [6.45, 7) is 6.82. The quantitative estimate of drug-likeness (QED) is 0.226. The highest BCUT2D eigenvalue weighted by atomic mass is 16.5. The standard InChI is InChI=1S/C34H43NO4/c1-26(30-12-6-13-32(22-30)38-25-28-10-5-11-28)39-34-23-35-19-18-33(34)29-14-16-31(17-15-29)37-21-7-20-36-24-27-8-3-2-4-9-27/h2-4,6,8-9,12-17,22,26,28,33-35H,5,7,10-11,18-21,23-25H2,1H3. The van der Waals surface area contributed by atoms with Crippen molar-refractivity contribution in [2.24, 2.45) is 5.92 Å². The highest BCUT2D eigenvalue weighted by molar-refractivity contribution is 5.32. The minimum Gasteiger partial charge on any atom is -0.494 e. The highest BCUT2D eigenvalue weighted by Crippen LogP contribution is 2.33. The molecule has 0 radical (unpaired) electrons. The molecule has 0 spiro atoms. The number of rotatable bonds is 14. The maximum Gasteiger partial charge on any atom is 0.119 e. The van der Waals surface area contributed by atoms with E-state index in [0.29, 0.717) is 25.7 Å². The van der Waals surface area contributed by atoms with Crippen LogP contribution in [0, 0.1) is 5.92 Å². The molecule has 5 heteroatoms. The van der Waals surface area contributed by atoms with Gasteiger partial charge in [-0.3, -0.25) is 0 Å². The fraction of sp³-hybridized carbons (Fsp3) is 0.471. The first-order valence-corrected chi connectivity index (χ1v) is 14.7. The minimum atomic E-state index is -0.00336. The average Bonchev–Trinajstić information content (AvgIpc) is 2.95. The molecule has 0 amide bonds. The first-order valence-electron chi connectivity index (χ1n) is 14.7. The maximum absolute atomic E-state index is 6.66. The number of benzene rings is 3. The van der Waals surface area contributed by atoms with E-state index in [1.54, 1.807) is 0 Å². The third kappa shape index (κ3) is 8.31. The maximum atomic E-state index is 6.66. The van der Waals surface area contributed by atoms with Gasteiger partial charge >= 0.3 is 0 Å². The monoisotopic (exact) mass is 529 g/mol. The lowest BCUT2D eigenvalue weighted by atomic mass is 9.86. The molecule has 0 bridgehead atoms. The SMILES string of the molecule is CC(OC1CNCCC1c1ccc(OCCCOCc2ccccc2)cc1)c1cccc(OCC2CCC2)c1. The second kappa shape index (κ2) is 14.5. The lowest BCUT2D eigenvalue weighted by molar-refractivity contribution is -0.0273. The van der Waals surface area contributed by atoms with Gasteiger partial charge < -0.3 is 24.3 Å². The van der Waals surface area contributed by atoms with E-state index in [1.807, 2.05) is 18.2 Å². The van der Waals surface area contributed by atoms with Gasteiger partial charge in [0.15, 0.2) is 0 Å². The molecule has 39 heavy (non-hydrogen) atoms. The zero-order chi connectivity index (χ0) is 26.7. The van der Waals surface area contributed by atoms with Gasteiger partial charge in [-0.25, -0.2) is 0 Å². The fourth-order valence-corrected chi connectivity index (χ4v) is 5.35. The third-order valence-corrected chi connectivity index (χ3v) is 7.96. The van der Waals surface area contributed by atoms with Crippen LogP contribution in [0.4, 0.5) is 0 Å². The van der Waals surface area contributed by atoms with E-state index in [1.165, 1.54) is 36.0 Å². The van der Waals surface area contributed by atoms with Crippen molar-refractivity contribution in [3.63, 3.8) is 0 Å². The van der Waals surface area contributed by atoms with Crippen LogP contribution in [0.2, 0.25) is 0 Å². The van der Waals surface area contributed by atoms with Crippen LogP contribution in [-0.4, -0.2) is 39.0 Å². The van der Waals surface area contributed by atoms with Crippen molar-refractivity contribution in [3.05, 3.63) is 95.6 Å². The Morgan fingerprint density at radius 3 is 2.49 bits per heavy atom. The van der Waals surface area contributed by atoms with Gasteiger partial charge in [-0.15, -0.1) is 0 Å². The first-order chi connectivity index (χ1) is 19.2. The second-order valence-electron chi connectivity index (χ2n) is 10.9. The zero-order valence-electron chi connectivity index (χ0n) is 23.2. The van der Waals surface area contributed by atoms with Crippen LogP contribution >= 0.6 is 0 Å². The summed E-state index contributed by atoms with van der Waals surface area (Å²) in [5.41, 5.74) is 3.68. The number of nitrogens with one attached hydrogen (secondary N) is 1. The molecule has 3 aromatic rings. The first kappa shape index (κ1) is 27.7. The van der Waals surface area contributed by atoms with E-state index in [-0.39, 0.29) is 12.2 Å². The van der Waals surface area contributed by atoms with E-state index >= 15 is 0 Å². The minimum absolute atomic E-state index is 0.00336. The molecule has 5 nitrogen and oxygen atoms in total.